The van der Waals surface area contributed by atoms with Gasteiger partial charge in [-0.25, -0.2) is 0 Å². The third-order valence-corrected chi connectivity index (χ3v) is 5.06. The molecule has 2 amide bonds. The molecule has 0 fully saturated rings. The molecule has 0 atom stereocenters. The second kappa shape index (κ2) is 8.30. The number of rotatable bonds is 5. The lowest BCUT2D eigenvalue weighted by molar-refractivity contribution is -0.138. The quantitative estimate of drug-likeness (QED) is 0.583. The van der Waals surface area contributed by atoms with Crippen LogP contribution in [0.1, 0.15) is 22.3 Å². The lowest BCUT2D eigenvalue weighted by Crippen LogP contribution is -2.32. The Morgan fingerprint density at radius 3 is 2.28 bits per heavy atom. The van der Waals surface area contributed by atoms with Crippen LogP contribution in [-0.2, 0) is 22.3 Å². The molecule has 8 heteroatoms. The van der Waals surface area contributed by atoms with Gasteiger partial charge < -0.3 is 5.32 Å². The molecule has 3 aromatic rings. The molecule has 1 aromatic heterocycles. The summed E-state index contributed by atoms with van der Waals surface area (Å²) in [4.78, 5) is 31.4. The van der Waals surface area contributed by atoms with Gasteiger partial charge in [0.1, 0.15) is 5.70 Å². The molecular formula is C24H18F3N3O2. The largest absolute Gasteiger partial charge is 0.416 e. The average molecular weight is 437 g/mol. The van der Waals surface area contributed by atoms with Crippen LogP contribution in [-0.4, -0.2) is 21.7 Å². The highest BCUT2D eigenvalue weighted by Crippen LogP contribution is 2.34. The number of imide groups is 1. The van der Waals surface area contributed by atoms with E-state index in [2.05, 4.69) is 10.3 Å². The summed E-state index contributed by atoms with van der Waals surface area (Å²) in [6, 6.07) is 14.9. The highest BCUT2D eigenvalue weighted by molar-refractivity contribution is 6.36. The molecule has 4 rings (SSSR count). The fraction of sp³-hybridized carbons (Fsp3) is 0.125. The Kier molecular flexibility index (Phi) is 5.52. The first kappa shape index (κ1) is 21.3. The number of nitrogens with one attached hydrogen (secondary N) is 1. The van der Waals surface area contributed by atoms with Crippen molar-refractivity contribution in [2.24, 2.45) is 0 Å². The van der Waals surface area contributed by atoms with Crippen LogP contribution in [0.15, 0.2) is 78.8 Å². The van der Waals surface area contributed by atoms with E-state index >= 15 is 0 Å². The van der Waals surface area contributed by atoms with E-state index in [4.69, 9.17) is 0 Å². The zero-order chi connectivity index (χ0) is 22.9. The van der Waals surface area contributed by atoms with E-state index < -0.39 is 23.6 Å². The summed E-state index contributed by atoms with van der Waals surface area (Å²) in [5, 5.41) is 2.77. The molecule has 1 aliphatic rings. The number of pyridine rings is 1. The number of carbonyl (C=O) groups is 2. The number of aryl methyl sites for hydroxylation is 1. The summed E-state index contributed by atoms with van der Waals surface area (Å²) in [5.74, 6) is -1.13. The van der Waals surface area contributed by atoms with E-state index in [1.54, 1.807) is 48.8 Å². The molecular weight excluding hydrogens is 419 g/mol. The van der Waals surface area contributed by atoms with Gasteiger partial charge in [-0.15, -0.1) is 0 Å². The normalized spacial score (nSPS) is 14.3. The Balaban J connectivity index is 1.75. The van der Waals surface area contributed by atoms with E-state index in [9.17, 15) is 22.8 Å². The van der Waals surface area contributed by atoms with Crippen LogP contribution < -0.4 is 5.32 Å². The van der Waals surface area contributed by atoms with E-state index in [1.807, 2.05) is 6.92 Å². The van der Waals surface area contributed by atoms with Gasteiger partial charge >= 0.3 is 6.18 Å². The number of nitrogens with zero attached hydrogens (tertiary/aromatic N) is 2. The van der Waals surface area contributed by atoms with E-state index in [1.165, 1.54) is 12.1 Å². The highest BCUT2D eigenvalue weighted by Gasteiger charge is 2.39. The lowest BCUT2D eigenvalue weighted by atomic mass is 10.0. The molecule has 1 aliphatic heterocycles. The van der Waals surface area contributed by atoms with Gasteiger partial charge in [-0.05, 0) is 48.4 Å². The number of amides is 2. The van der Waals surface area contributed by atoms with Crippen molar-refractivity contribution < 1.29 is 22.8 Å². The minimum Gasteiger partial charge on any atom is -0.350 e. The van der Waals surface area contributed by atoms with E-state index in [0.29, 0.717) is 11.1 Å². The molecule has 0 bridgehead atoms. The molecule has 0 aliphatic carbocycles. The molecule has 0 spiro atoms. The minimum atomic E-state index is -4.53. The van der Waals surface area contributed by atoms with Crippen LogP contribution in [0.3, 0.4) is 0 Å². The topological polar surface area (TPSA) is 62.3 Å². The van der Waals surface area contributed by atoms with Gasteiger partial charge in [-0.2, -0.15) is 13.2 Å². The number of carbonyl (C=O) groups excluding carboxylic acids is 2. The molecule has 162 valence electrons. The maximum absolute atomic E-state index is 13.2. The number of hydrogen-bond donors (Lipinski definition) is 1. The molecule has 2 heterocycles. The Morgan fingerprint density at radius 1 is 0.938 bits per heavy atom. The van der Waals surface area contributed by atoms with Gasteiger partial charge in [0.15, 0.2) is 0 Å². The smallest absolute Gasteiger partial charge is 0.350 e. The summed E-state index contributed by atoms with van der Waals surface area (Å²) < 4.78 is 39.4. The Hall–Kier alpha value is -3.94. The number of alkyl halides is 3. The first-order valence-electron chi connectivity index (χ1n) is 9.75. The van der Waals surface area contributed by atoms with Crippen LogP contribution in [0.25, 0.3) is 5.57 Å². The Bertz CT molecular complexity index is 1200. The lowest BCUT2D eigenvalue weighted by Gasteiger charge is -2.15. The van der Waals surface area contributed by atoms with Crippen molar-refractivity contribution in [2.45, 2.75) is 19.6 Å². The van der Waals surface area contributed by atoms with Crippen LogP contribution in [0.4, 0.5) is 18.9 Å². The van der Waals surface area contributed by atoms with Crippen molar-refractivity contribution >= 4 is 23.1 Å². The predicted molar refractivity (Wildman–Crippen MR) is 113 cm³/mol. The molecule has 0 radical (unpaired) electrons. The van der Waals surface area contributed by atoms with Gasteiger partial charge in [0.2, 0.25) is 0 Å². The van der Waals surface area contributed by atoms with Crippen LogP contribution >= 0.6 is 0 Å². The number of anilines is 1. The maximum atomic E-state index is 13.2. The fourth-order valence-electron chi connectivity index (χ4n) is 3.41. The zero-order valence-corrected chi connectivity index (χ0v) is 17.0. The highest BCUT2D eigenvalue weighted by atomic mass is 19.4. The summed E-state index contributed by atoms with van der Waals surface area (Å²) in [5.41, 5.74) is 1.42. The van der Waals surface area contributed by atoms with Gasteiger partial charge in [0.25, 0.3) is 11.8 Å². The van der Waals surface area contributed by atoms with E-state index in [0.717, 1.165) is 22.6 Å². The van der Waals surface area contributed by atoms with Gasteiger partial charge in [-0.1, -0.05) is 35.9 Å². The summed E-state index contributed by atoms with van der Waals surface area (Å²) in [6.07, 6.45) is -1.43. The van der Waals surface area contributed by atoms with Crippen molar-refractivity contribution in [1.82, 2.24) is 9.88 Å². The molecule has 1 N–H and O–H groups in total. The van der Waals surface area contributed by atoms with Crippen LogP contribution in [0.5, 0.6) is 0 Å². The van der Waals surface area contributed by atoms with Crippen molar-refractivity contribution in [3.63, 3.8) is 0 Å². The second-order valence-corrected chi connectivity index (χ2v) is 7.37. The zero-order valence-electron chi connectivity index (χ0n) is 17.0. The number of aromatic nitrogens is 1. The van der Waals surface area contributed by atoms with Crippen molar-refractivity contribution in [2.75, 3.05) is 5.32 Å². The Labute approximate surface area is 182 Å². The first-order valence-corrected chi connectivity index (χ1v) is 9.75. The van der Waals surface area contributed by atoms with Crippen LogP contribution in [0, 0.1) is 6.92 Å². The van der Waals surface area contributed by atoms with Gasteiger partial charge in [-0.3, -0.25) is 19.5 Å². The Morgan fingerprint density at radius 2 is 1.62 bits per heavy atom. The molecule has 0 saturated carbocycles. The number of halogens is 3. The SMILES string of the molecule is Cc1ccc(C2=C(Nc3cccc(C(F)(F)F)c3)C(=O)N(Cc3ccncc3)C2=O)cc1. The second-order valence-electron chi connectivity index (χ2n) is 7.37. The first-order chi connectivity index (χ1) is 15.2. The molecule has 5 nitrogen and oxygen atoms in total. The number of benzene rings is 2. The fourth-order valence-corrected chi connectivity index (χ4v) is 3.41. The van der Waals surface area contributed by atoms with Crippen molar-refractivity contribution in [3.8, 4) is 0 Å². The predicted octanol–water partition coefficient (Wildman–Crippen LogP) is 4.80. The average Bonchev–Trinajstić information content (AvgIpc) is 2.99. The standard InChI is InChI=1S/C24H18F3N3O2/c1-15-5-7-17(8-6-15)20-21(29-19-4-2-3-18(13-19)24(25,26)27)23(32)30(22(20)31)14-16-9-11-28-12-10-16/h2-13,29H,14H2,1H3. The third-order valence-electron chi connectivity index (χ3n) is 5.06. The van der Waals surface area contributed by atoms with Gasteiger partial charge in [0.05, 0.1) is 17.7 Å². The summed E-state index contributed by atoms with van der Waals surface area (Å²) in [7, 11) is 0. The molecule has 32 heavy (non-hydrogen) atoms. The molecule has 0 saturated heterocycles. The van der Waals surface area contributed by atoms with E-state index in [-0.39, 0.29) is 23.5 Å². The molecule has 0 unspecified atom stereocenters. The third kappa shape index (κ3) is 4.25. The van der Waals surface area contributed by atoms with Crippen molar-refractivity contribution in [3.05, 3.63) is 101 Å². The summed E-state index contributed by atoms with van der Waals surface area (Å²) in [6.45, 7) is 1.90. The maximum Gasteiger partial charge on any atom is 0.416 e. The number of hydrogen-bond acceptors (Lipinski definition) is 4. The molecule has 2 aromatic carbocycles. The van der Waals surface area contributed by atoms with Gasteiger partial charge in [0, 0.05) is 18.1 Å². The van der Waals surface area contributed by atoms with Crippen LogP contribution in [0.2, 0.25) is 0 Å². The van der Waals surface area contributed by atoms with Crippen molar-refractivity contribution in [1.29, 1.82) is 0 Å². The minimum absolute atomic E-state index is 0.0172. The summed E-state index contributed by atoms with van der Waals surface area (Å²) >= 11 is 0. The monoisotopic (exact) mass is 437 g/mol.